The van der Waals surface area contributed by atoms with Gasteiger partial charge in [0.25, 0.3) is 11.1 Å². The van der Waals surface area contributed by atoms with E-state index in [1.165, 1.54) is 28.2 Å². The van der Waals surface area contributed by atoms with Crippen LogP contribution in [0, 0.1) is 0 Å². The van der Waals surface area contributed by atoms with E-state index in [1.807, 2.05) is 31.1 Å². The van der Waals surface area contributed by atoms with E-state index in [9.17, 15) is 19.2 Å². The molecule has 0 bridgehead atoms. The first-order valence-electron chi connectivity index (χ1n) is 9.78. The Balaban J connectivity index is 2.53. The molecule has 0 atom stereocenters. The number of nitrogens with two attached hydrogens (primary N) is 2. The van der Waals surface area contributed by atoms with Crippen molar-refractivity contribution in [2.24, 2.45) is 28.2 Å². The van der Waals surface area contributed by atoms with Gasteiger partial charge in [-0.1, -0.05) is 12.1 Å². The standard InChI is InChI=1S/C21H27N7O4/c1-24(2)12-9-7-11(8-10-12)13(14-16(22)25(3)20(31)27(5)18(14)29)15-17(23)26(4)21(32)28(6)19(15)30/h7-10,13H,22-23H2,1-6H3. The number of nitrogens with zero attached hydrogens (tertiary/aromatic N) is 5. The fraction of sp³-hybridized carbons (Fsp3) is 0.333. The van der Waals surface area contributed by atoms with Crippen molar-refractivity contribution in [2.75, 3.05) is 30.5 Å². The molecule has 0 amide bonds. The number of anilines is 3. The molecule has 0 spiro atoms. The van der Waals surface area contributed by atoms with Gasteiger partial charge in [0.05, 0.1) is 17.0 Å². The van der Waals surface area contributed by atoms with Crippen molar-refractivity contribution in [1.82, 2.24) is 18.3 Å². The molecular formula is C21H27N7O4. The fourth-order valence-electron chi connectivity index (χ4n) is 3.76. The van der Waals surface area contributed by atoms with Crippen LogP contribution < -0.4 is 38.9 Å². The zero-order chi connectivity index (χ0) is 24.1. The van der Waals surface area contributed by atoms with Gasteiger partial charge in [-0.3, -0.25) is 27.9 Å². The van der Waals surface area contributed by atoms with E-state index >= 15 is 0 Å². The summed E-state index contributed by atoms with van der Waals surface area (Å²) in [6.07, 6.45) is 0. The lowest BCUT2D eigenvalue weighted by atomic mass is 9.86. The molecule has 11 heteroatoms. The molecule has 0 unspecified atom stereocenters. The quantitative estimate of drug-likeness (QED) is 0.523. The second kappa shape index (κ2) is 7.91. The highest BCUT2D eigenvalue weighted by molar-refractivity contribution is 5.58. The molecule has 3 aromatic rings. The highest BCUT2D eigenvalue weighted by Crippen LogP contribution is 2.34. The molecule has 2 heterocycles. The van der Waals surface area contributed by atoms with Crippen LogP contribution in [0.2, 0.25) is 0 Å². The monoisotopic (exact) mass is 441 g/mol. The minimum absolute atomic E-state index is 0.0228. The lowest BCUT2D eigenvalue weighted by molar-refractivity contribution is 0.654. The molecular weight excluding hydrogens is 414 g/mol. The Bertz CT molecular complexity index is 1350. The SMILES string of the molecule is CN(C)c1ccc(C(c2c(N)n(C)c(=O)n(C)c2=O)c2c(N)n(C)c(=O)n(C)c2=O)cc1. The molecule has 3 rings (SSSR count). The molecule has 11 nitrogen and oxygen atoms in total. The van der Waals surface area contributed by atoms with Crippen LogP contribution in [0.15, 0.2) is 43.4 Å². The minimum Gasteiger partial charge on any atom is -0.385 e. The summed E-state index contributed by atoms with van der Waals surface area (Å²) in [5, 5.41) is 0. The Kier molecular flexibility index (Phi) is 5.60. The van der Waals surface area contributed by atoms with Gasteiger partial charge < -0.3 is 16.4 Å². The van der Waals surface area contributed by atoms with E-state index < -0.39 is 28.4 Å². The first kappa shape index (κ1) is 22.7. The van der Waals surface area contributed by atoms with Gasteiger partial charge in [0.2, 0.25) is 0 Å². The molecule has 0 saturated heterocycles. The second-order valence-corrected chi connectivity index (χ2v) is 7.93. The largest absolute Gasteiger partial charge is 0.385 e. The summed E-state index contributed by atoms with van der Waals surface area (Å²) in [5.74, 6) is -1.19. The van der Waals surface area contributed by atoms with Crippen LogP contribution in [0.3, 0.4) is 0 Å². The van der Waals surface area contributed by atoms with Crippen LogP contribution in [0.1, 0.15) is 22.6 Å². The first-order chi connectivity index (χ1) is 14.9. The average molecular weight is 441 g/mol. The zero-order valence-electron chi connectivity index (χ0n) is 18.9. The summed E-state index contributed by atoms with van der Waals surface area (Å²) in [6.45, 7) is 0. The van der Waals surface area contributed by atoms with Crippen molar-refractivity contribution in [3.05, 3.63) is 82.6 Å². The smallest absolute Gasteiger partial charge is 0.332 e. The highest BCUT2D eigenvalue weighted by Gasteiger charge is 2.31. The van der Waals surface area contributed by atoms with Gasteiger partial charge in [-0.05, 0) is 17.7 Å². The minimum atomic E-state index is -1.01. The van der Waals surface area contributed by atoms with Crippen LogP contribution in [-0.4, -0.2) is 32.4 Å². The topological polar surface area (TPSA) is 143 Å². The molecule has 1 aromatic carbocycles. The Morgan fingerprint density at radius 3 is 1.41 bits per heavy atom. The number of hydrogen-bond donors (Lipinski definition) is 2. The van der Waals surface area contributed by atoms with E-state index in [1.54, 1.807) is 12.1 Å². The van der Waals surface area contributed by atoms with Crippen molar-refractivity contribution in [3.8, 4) is 0 Å². The molecule has 0 saturated carbocycles. The maximum atomic E-state index is 13.2. The second-order valence-electron chi connectivity index (χ2n) is 7.93. The lowest BCUT2D eigenvalue weighted by Gasteiger charge is -2.24. The van der Waals surface area contributed by atoms with E-state index in [-0.39, 0.29) is 22.8 Å². The van der Waals surface area contributed by atoms with Gasteiger partial charge >= 0.3 is 11.4 Å². The maximum Gasteiger partial charge on any atom is 0.332 e. The number of hydrogen-bond acceptors (Lipinski definition) is 7. The van der Waals surface area contributed by atoms with Crippen molar-refractivity contribution < 1.29 is 0 Å². The van der Waals surface area contributed by atoms with Crippen LogP contribution in [0.5, 0.6) is 0 Å². The summed E-state index contributed by atoms with van der Waals surface area (Å²) in [6, 6.07) is 7.17. The van der Waals surface area contributed by atoms with Gasteiger partial charge in [-0.2, -0.15) is 0 Å². The van der Waals surface area contributed by atoms with Gasteiger partial charge in [0.15, 0.2) is 0 Å². The molecule has 0 aliphatic rings. The van der Waals surface area contributed by atoms with Crippen molar-refractivity contribution in [2.45, 2.75) is 5.92 Å². The van der Waals surface area contributed by atoms with Gasteiger partial charge in [0.1, 0.15) is 11.6 Å². The molecule has 32 heavy (non-hydrogen) atoms. The normalized spacial score (nSPS) is 11.2. The third kappa shape index (κ3) is 3.31. The van der Waals surface area contributed by atoms with Crippen LogP contribution in [0.4, 0.5) is 17.3 Å². The number of benzene rings is 1. The van der Waals surface area contributed by atoms with E-state index in [2.05, 4.69) is 0 Å². The van der Waals surface area contributed by atoms with E-state index in [0.717, 1.165) is 24.0 Å². The Morgan fingerprint density at radius 1 is 0.688 bits per heavy atom. The summed E-state index contributed by atoms with van der Waals surface area (Å²) >= 11 is 0. The lowest BCUT2D eigenvalue weighted by Crippen LogP contribution is -2.44. The summed E-state index contributed by atoms with van der Waals surface area (Å²) in [4.78, 5) is 53.1. The van der Waals surface area contributed by atoms with E-state index in [4.69, 9.17) is 11.5 Å². The number of nitrogen functional groups attached to an aromatic ring is 2. The number of rotatable bonds is 4. The molecule has 0 aliphatic heterocycles. The molecule has 0 fully saturated rings. The first-order valence-corrected chi connectivity index (χ1v) is 9.78. The maximum absolute atomic E-state index is 13.2. The molecule has 0 radical (unpaired) electrons. The van der Waals surface area contributed by atoms with Gasteiger partial charge in [-0.25, -0.2) is 9.59 Å². The number of aromatic nitrogens is 4. The Hall–Kier alpha value is -4.02. The van der Waals surface area contributed by atoms with Crippen molar-refractivity contribution >= 4 is 17.3 Å². The predicted molar refractivity (Wildman–Crippen MR) is 124 cm³/mol. The zero-order valence-corrected chi connectivity index (χ0v) is 18.9. The van der Waals surface area contributed by atoms with Crippen LogP contribution in [0.25, 0.3) is 0 Å². The Morgan fingerprint density at radius 2 is 1.06 bits per heavy atom. The van der Waals surface area contributed by atoms with E-state index in [0.29, 0.717) is 5.56 Å². The predicted octanol–water partition coefficient (Wildman–Crippen LogP) is -1.11. The van der Waals surface area contributed by atoms with Crippen molar-refractivity contribution in [3.63, 3.8) is 0 Å². The third-order valence-electron chi connectivity index (χ3n) is 5.81. The molecule has 4 N–H and O–H groups in total. The van der Waals surface area contributed by atoms with Gasteiger partial charge in [0, 0.05) is 48.0 Å². The average Bonchev–Trinajstić information content (AvgIpc) is 2.78. The summed E-state index contributed by atoms with van der Waals surface area (Å²) in [7, 11) is 9.32. The van der Waals surface area contributed by atoms with Gasteiger partial charge in [-0.15, -0.1) is 0 Å². The fourth-order valence-corrected chi connectivity index (χ4v) is 3.76. The summed E-state index contributed by atoms with van der Waals surface area (Å²) in [5.41, 5.74) is 11.5. The third-order valence-corrected chi connectivity index (χ3v) is 5.81. The van der Waals surface area contributed by atoms with Crippen molar-refractivity contribution in [1.29, 1.82) is 0 Å². The molecule has 2 aromatic heterocycles. The summed E-state index contributed by atoms with van der Waals surface area (Å²) < 4.78 is 4.13. The Labute approximate surface area is 183 Å². The van der Waals surface area contributed by atoms with Crippen LogP contribution >= 0.6 is 0 Å². The van der Waals surface area contributed by atoms with Crippen LogP contribution in [-0.2, 0) is 28.2 Å². The highest BCUT2D eigenvalue weighted by atomic mass is 16.2. The molecule has 0 aliphatic carbocycles. The molecule has 170 valence electrons.